The molecule has 1 rings (SSSR count). The van der Waals surface area contributed by atoms with E-state index >= 15 is 0 Å². The highest BCUT2D eigenvalue weighted by Crippen LogP contribution is 2.12. The van der Waals surface area contributed by atoms with Gasteiger partial charge in [0.2, 0.25) is 11.8 Å². The highest BCUT2D eigenvalue weighted by molar-refractivity contribution is 5.84. The minimum atomic E-state index is -0.337. The van der Waals surface area contributed by atoms with E-state index in [0.717, 1.165) is 38.5 Å². The van der Waals surface area contributed by atoms with Crippen LogP contribution < -0.4 is 11.1 Å². The molecule has 0 radical (unpaired) electrons. The standard InChI is InChI=1S/C15H29N3O2/c1-3-15(16,4-2)12-17-13(19)11-18-10-8-6-5-7-9-14(18)20/h3-12,16H2,1-2H3,(H,17,19). The Hall–Kier alpha value is -1.10. The molecule has 20 heavy (non-hydrogen) atoms. The van der Waals surface area contributed by atoms with E-state index in [1.807, 2.05) is 13.8 Å². The molecule has 0 aromatic carbocycles. The van der Waals surface area contributed by atoms with Crippen LogP contribution in [0, 0.1) is 0 Å². The van der Waals surface area contributed by atoms with Crippen LogP contribution in [0.2, 0.25) is 0 Å². The zero-order chi connectivity index (χ0) is 15.0. The molecular weight excluding hydrogens is 254 g/mol. The number of nitrogens with one attached hydrogen (secondary N) is 1. The van der Waals surface area contributed by atoms with Gasteiger partial charge in [-0.05, 0) is 25.7 Å². The molecule has 3 N–H and O–H groups in total. The van der Waals surface area contributed by atoms with Crippen LogP contribution in [0.3, 0.4) is 0 Å². The van der Waals surface area contributed by atoms with Gasteiger partial charge in [-0.25, -0.2) is 0 Å². The van der Waals surface area contributed by atoms with Crippen molar-refractivity contribution >= 4 is 11.8 Å². The van der Waals surface area contributed by atoms with Crippen LogP contribution in [0.25, 0.3) is 0 Å². The highest BCUT2D eigenvalue weighted by atomic mass is 16.2. The lowest BCUT2D eigenvalue weighted by Gasteiger charge is -2.28. The number of nitrogens with zero attached hydrogens (tertiary/aromatic N) is 1. The van der Waals surface area contributed by atoms with Crippen LogP contribution in [0.4, 0.5) is 0 Å². The summed E-state index contributed by atoms with van der Waals surface area (Å²) < 4.78 is 0. The van der Waals surface area contributed by atoms with E-state index in [9.17, 15) is 9.59 Å². The molecular formula is C15H29N3O2. The third-order valence-electron chi connectivity index (χ3n) is 4.30. The first-order valence-corrected chi connectivity index (χ1v) is 7.84. The molecule has 0 bridgehead atoms. The molecule has 0 unspecified atom stereocenters. The lowest BCUT2D eigenvalue weighted by Crippen LogP contribution is -2.51. The van der Waals surface area contributed by atoms with Crippen molar-refractivity contribution in [3.05, 3.63) is 0 Å². The zero-order valence-electron chi connectivity index (χ0n) is 12.9. The summed E-state index contributed by atoms with van der Waals surface area (Å²) in [6.45, 7) is 5.39. The van der Waals surface area contributed by atoms with Gasteiger partial charge in [0, 0.05) is 25.0 Å². The van der Waals surface area contributed by atoms with E-state index in [2.05, 4.69) is 5.32 Å². The number of hydrogen-bond donors (Lipinski definition) is 2. The Morgan fingerprint density at radius 1 is 1.25 bits per heavy atom. The van der Waals surface area contributed by atoms with E-state index in [1.165, 1.54) is 0 Å². The van der Waals surface area contributed by atoms with Crippen molar-refractivity contribution in [2.75, 3.05) is 19.6 Å². The average Bonchev–Trinajstić information content (AvgIpc) is 2.44. The summed E-state index contributed by atoms with van der Waals surface area (Å²) in [6.07, 6.45) is 6.41. The summed E-state index contributed by atoms with van der Waals surface area (Å²) in [5.74, 6) is 0.000457. The predicted molar refractivity (Wildman–Crippen MR) is 80.2 cm³/mol. The van der Waals surface area contributed by atoms with Crippen molar-refractivity contribution in [2.24, 2.45) is 5.73 Å². The van der Waals surface area contributed by atoms with Crippen LogP contribution >= 0.6 is 0 Å². The summed E-state index contributed by atoms with van der Waals surface area (Å²) in [4.78, 5) is 25.6. The maximum Gasteiger partial charge on any atom is 0.239 e. The normalized spacial score (nSPS) is 17.6. The largest absolute Gasteiger partial charge is 0.353 e. The summed E-state index contributed by atoms with van der Waals surface area (Å²) in [5, 5.41) is 2.87. The second-order valence-electron chi connectivity index (χ2n) is 5.83. The molecule has 1 saturated heterocycles. The van der Waals surface area contributed by atoms with Crippen molar-refractivity contribution in [3.63, 3.8) is 0 Å². The SMILES string of the molecule is CCC(N)(CC)CNC(=O)CN1CCCCCCC1=O. The van der Waals surface area contributed by atoms with E-state index in [0.29, 0.717) is 19.5 Å². The van der Waals surface area contributed by atoms with E-state index in [4.69, 9.17) is 5.73 Å². The Labute approximate surface area is 122 Å². The van der Waals surface area contributed by atoms with Gasteiger partial charge in [-0.3, -0.25) is 9.59 Å². The Kier molecular flexibility index (Phi) is 6.99. The topological polar surface area (TPSA) is 75.4 Å². The first-order chi connectivity index (χ1) is 9.50. The smallest absolute Gasteiger partial charge is 0.239 e. The Morgan fingerprint density at radius 3 is 2.55 bits per heavy atom. The molecule has 0 saturated carbocycles. The molecule has 1 aliphatic heterocycles. The van der Waals surface area contributed by atoms with Gasteiger partial charge < -0.3 is 16.0 Å². The van der Waals surface area contributed by atoms with Crippen LogP contribution in [0.1, 0.15) is 58.8 Å². The summed E-state index contributed by atoms with van der Waals surface area (Å²) >= 11 is 0. The third-order valence-corrected chi connectivity index (χ3v) is 4.30. The fourth-order valence-electron chi connectivity index (χ4n) is 2.39. The number of carbonyl (C=O) groups excluding carboxylic acids is 2. The van der Waals surface area contributed by atoms with Crippen molar-refractivity contribution in [2.45, 2.75) is 64.3 Å². The Morgan fingerprint density at radius 2 is 1.90 bits per heavy atom. The van der Waals surface area contributed by atoms with E-state index in [-0.39, 0.29) is 23.9 Å². The molecule has 1 heterocycles. The van der Waals surface area contributed by atoms with E-state index < -0.39 is 0 Å². The molecule has 2 amide bonds. The maximum atomic E-state index is 12.0. The van der Waals surface area contributed by atoms with E-state index in [1.54, 1.807) is 4.90 Å². The quantitative estimate of drug-likeness (QED) is 0.774. The summed E-state index contributed by atoms with van der Waals surface area (Å²) in [7, 11) is 0. The fourth-order valence-corrected chi connectivity index (χ4v) is 2.39. The third kappa shape index (κ3) is 5.49. The van der Waals surface area contributed by atoms with Gasteiger partial charge in [0.05, 0.1) is 6.54 Å². The van der Waals surface area contributed by atoms with Gasteiger partial charge in [0.25, 0.3) is 0 Å². The predicted octanol–water partition coefficient (Wildman–Crippen LogP) is 1.41. The second kappa shape index (κ2) is 8.25. The monoisotopic (exact) mass is 283 g/mol. The molecule has 5 heteroatoms. The van der Waals surface area contributed by atoms with Crippen LogP contribution in [0.15, 0.2) is 0 Å². The van der Waals surface area contributed by atoms with Gasteiger partial charge in [-0.1, -0.05) is 26.7 Å². The Balaban J connectivity index is 2.41. The minimum Gasteiger partial charge on any atom is -0.353 e. The van der Waals surface area contributed by atoms with Crippen LogP contribution in [-0.4, -0.2) is 41.9 Å². The summed E-state index contributed by atoms with van der Waals surface area (Å²) in [5.41, 5.74) is 5.82. The molecule has 116 valence electrons. The molecule has 0 spiro atoms. The van der Waals surface area contributed by atoms with Gasteiger partial charge >= 0.3 is 0 Å². The van der Waals surface area contributed by atoms with Crippen molar-refractivity contribution < 1.29 is 9.59 Å². The number of nitrogens with two attached hydrogens (primary N) is 1. The first-order valence-electron chi connectivity index (χ1n) is 7.84. The van der Waals surface area contributed by atoms with Crippen LogP contribution in [-0.2, 0) is 9.59 Å². The first kappa shape index (κ1) is 17.0. The number of carbonyl (C=O) groups is 2. The summed E-state index contributed by atoms with van der Waals surface area (Å²) in [6, 6.07) is 0. The molecule has 1 aliphatic rings. The number of likely N-dealkylation sites (tertiary alicyclic amines) is 1. The highest BCUT2D eigenvalue weighted by Gasteiger charge is 2.23. The zero-order valence-corrected chi connectivity index (χ0v) is 12.9. The van der Waals surface area contributed by atoms with Crippen molar-refractivity contribution in [1.82, 2.24) is 10.2 Å². The van der Waals surface area contributed by atoms with Gasteiger partial charge in [0.1, 0.15) is 0 Å². The average molecular weight is 283 g/mol. The number of rotatable bonds is 6. The van der Waals surface area contributed by atoms with Crippen molar-refractivity contribution in [3.8, 4) is 0 Å². The van der Waals surface area contributed by atoms with Crippen LogP contribution in [0.5, 0.6) is 0 Å². The lowest BCUT2D eigenvalue weighted by molar-refractivity contribution is -0.136. The molecule has 5 nitrogen and oxygen atoms in total. The van der Waals surface area contributed by atoms with Gasteiger partial charge in [0.15, 0.2) is 0 Å². The van der Waals surface area contributed by atoms with Crippen molar-refractivity contribution in [1.29, 1.82) is 0 Å². The van der Waals surface area contributed by atoms with Gasteiger partial charge in [-0.2, -0.15) is 0 Å². The van der Waals surface area contributed by atoms with Gasteiger partial charge in [-0.15, -0.1) is 0 Å². The molecule has 1 fully saturated rings. The minimum absolute atomic E-state index is 0.101. The maximum absolute atomic E-state index is 12.0. The molecule has 0 aliphatic carbocycles. The second-order valence-corrected chi connectivity index (χ2v) is 5.83. The number of amides is 2. The molecule has 0 aromatic rings. The fraction of sp³-hybridized carbons (Fsp3) is 0.867. The lowest BCUT2D eigenvalue weighted by atomic mass is 9.94. The molecule has 0 atom stereocenters. The number of hydrogen-bond acceptors (Lipinski definition) is 3. The molecule has 0 aromatic heterocycles. The Bertz CT molecular complexity index is 327.